The third-order valence-electron chi connectivity index (χ3n) is 2.04. The molecule has 0 aliphatic heterocycles. The highest BCUT2D eigenvalue weighted by Crippen LogP contribution is 2.29. The van der Waals surface area contributed by atoms with E-state index >= 15 is 0 Å². The number of tetrazole rings is 1. The Morgan fingerprint density at radius 1 is 1.50 bits per heavy atom. The lowest BCUT2D eigenvalue weighted by Crippen LogP contribution is -2.57. The molecule has 1 rings (SSSR count). The van der Waals surface area contributed by atoms with Gasteiger partial charge in [0, 0.05) is 0 Å². The van der Waals surface area contributed by atoms with Crippen molar-refractivity contribution in [2.75, 3.05) is 0 Å². The number of hydrogen-bond acceptors (Lipinski definition) is 5. The summed E-state index contributed by atoms with van der Waals surface area (Å²) in [5, 5.41) is 10.4. The lowest BCUT2D eigenvalue weighted by Gasteiger charge is -2.25. The van der Waals surface area contributed by atoms with Crippen molar-refractivity contribution in [1.82, 2.24) is 20.2 Å². The largest absolute Gasteiger partial charge is 0.413 e. The lowest BCUT2D eigenvalue weighted by atomic mass is 9.94. The van der Waals surface area contributed by atoms with Crippen LogP contribution < -0.4 is 5.73 Å². The van der Waals surface area contributed by atoms with Crippen LogP contribution in [0, 0.1) is 0 Å². The first-order valence-corrected chi connectivity index (χ1v) is 4.26. The first-order valence-electron chi connectivity index (χ1n) is 4.26. The molecule has 0 aliphatic rings. The van der Waals surface area contributed by atoms with Gasteiger partial charge in [-0.1, -0.05) is 0 Å². The van der Waals surface area contributed by atoms with E-state index in [4.69, 9.17) is 5.73 Å². The van der Waals surface area contributed by atoms with Crippen LogP contribution in [0.2, 0.25) is 0 Å². The fraction of sp³-hybridized carbons (Fsp3) is 0.714. The second-order valence-electron chi connectivity index (χ2n) is 3.50. The summed E-state index contributed by atoms with van der Waals surface area (Å²) in [5.41, 5.74) is 2.04. The molecule has 1 heterocycles. The summed E-state index contributed by atoms with van der Waals surface area (Å²) in [4.78, 5) is 12.4. The molecule has 16 heavy (non-hydrogen) atoms. The fourth-order valence-electron chi connectivity index (χ4n) is 0.879. The van der Waals surface area contributed by atoms with Crippen LogP contribution in [0.4, 0.5) is 13.2 Å². The highest BCUT2D eigenvalue weighted by molar-refractivity contribution is 5.89. The molecule has 0 saturated carbocycles. The summed E-state index contributed by atoms with van der Waals surface area (Å²) in [7, 11) is 1.44. The van der Waals surface area contributed by atoms with E-state index < -0.39 is 23.9 Å². The molecule has 0 aromatic carbocycles. The number of rotatable bonds is 3. The number of carbonyl (C=O) groups is 1. The summed E-state index contributed by atoms with van der Waals surface area (Å²) in [6, 6.07) is 0. The van der Waals surface area contributed by atoms with Crippen LogP contribution in [0.25, 0.3) is 0 Å². The van der Waals surface area contributed by atoms with Crippen molar-refractivity contribution >= 4 is 5.78 Å². The Morgan fingerprint density at radius 2 is 2.06 bits per heavy atom. The third-order valence-corrected chi connectivity index (χ3v) is 2.04. The first-order chi connectivity index (χ1) is 7.14. The van der Waals surface area contributed by atoms with Crippen LogP contribution in [0.1, 0.15) is 12.7 Å². The molecular weight excluding hydrogens is 227 g/mol. The van der Waals surface area contributed by atoms with Gasteiger partial charge < -0.3 is 5.73 Å². The molecular formula is C7H10F3N5O. The molecule has 6 nitrogen and oxygen atoms in total. The zero-order valence-corrected chi connectivity index (χ0v) is 8.62. The fourth-order valence-corrected chi connectivity index (χ4v) is 0.879. The van der Waals surface area contributed by atoms with Crippen molar-refractivity contribution in [2.45, 2.75) is 25.1 Å². The molecule has 90 valence electrons. The average Bonchev–Trinajstić information content (AvgIpc) is 2.49. The molecule has 1 atom stereocenters. The van der Waals surface area contributed by atoms with Gasteiger partial charge in [0.05, 0.1) is 13.5 Å². The summed E-state index contributed by atoms with van der Waals surface area (Å²) in [5.74, 6) is -1.29. The van der Waals surface area contributed by atoms with Crippen molar-refractivity contribution in [3.05, 3.63) is 5.82 Å². The van der Waals surface area contributed by atoms with Gasteiger partial charge in [-0.05, 0) is 12.1 Å². The predicted octanol–water partition coefficient (Wildman–Crippen LogP) is -0.399. The van der Waals surface area contributed by atoms with Gasteiger partial charge in [-0.25, -0.2) is 0 Å². The van der Waals surface area contributed by atoms with Crippen molar-refractivity contribution in [3.8, 4) is 0 Å². The minimum Gasteiger partial charge on any atom is -0.312 e. The number of ketones is 1. The van der Waals surface area contributed by atoms with Crippen LogP contribution in [0.5, 0.6) is 0 Å². The van der Waals surface area contributed by atoms with Crippen molar-refractivity contribution in [3.63, 3.8) is 0 Å². The summed E-state index contributed by atoms with van der Waals surface area (Å²) in [6.07, 6.45) is -5.40. The number of aryl methyl sites for hydroxylation is 1. The van der Waals surface area contributed by atoms with Gasteiger partial charge in [0.1, 0.15) is 0 Å². The maximum Gasteiger partial charge on any atom is 0.413 e. The van der Waals surface area contributed by atoms with Crippen LogP contribution in [-0.2, 0) is 18.3 Å². The molecule has 1 aromatic heterocycles. The first kappa shape index (κ1) is 12.6. The normalized spacial score (nSPS) is 15.9. The van der Waals surface area contributed by atoms with E-state index in [1.165, 1.54) is 7.05 Å². The Hall–Kier alpha value is -1.51. The molecule has 0 fully saturated rings. The Kier molecular flexibility index (Phi) is 2.99. The second kappa shape index (κ2) is 3.81. The number of carbonyl (C=O) groups excluding carboxylic acids is 1. The number of hydrogen-bond donors (Lipinski definition) is 1. The van der Waals surface area contributed by atoms with E-state index in [9.17, 15) is 18.0 Å². The Balaban J connectivity index is 2.80. The molecule has 0 bridgehead atoms. The van der Waals surface area contributed by atoms with Crippen LogP contribution in [-0.4, -0.2) is 37.7 Å². The summed E-state index contributed by atoms with van der Waals surface area (Å²) >= 11 is 0. The standard InChI is InChI=1S/C7H10F3N5O/c1-6(11,7(8,9)10)4(16)3-5-12-14-15(2)13-5/h3,11H2,1-2H3. The molecule has 0 amide bonds. The minimum atomic E-state index is -4.80. The van der Waals surface area contributed by atoms with E-state index in [0.29, 0.717) is 6.92 Å². The number of halogens is 3. The van der Waals surface area contributed by atoms with Crippen molar-refractivity contribution < 1.29 is 18.0 Å². The highest BCUT2D eigenvalue weighted by atomic mass is 19.4. The summed E-state index contributed by atoms with van der Waals surface area (Å²) < 4.78 is 37.2. The van der Waals surface area contributed by atoms with E-state index in [2.05, 4.69) is 15.4 Å². The van der Waals surface area contributed by atoms with Crippen LogP contribution >= 0.6 is 0 Å². The van der Waals surface area contributed by atoms with Crippen LogP contribution in [0.3, 0.4) is 0 Å². The van der Waals surface area contributed by atoms with E-state index in [-0.39, 0.29) is 5.82 Å². The highest BCUT2D eigenvalue weighted by Gasteiger charge is 2.53. The second-order valence-corrected chi connectivity index (χ2v) is 3.50. The average molecular weight is 237 g/mol. The van der Waals surface area contributed by atoms with E-state index in [0.717, 1.165) is 4.80 Å². The van der Waals surface area contributed by atoms with Gasteiger partial charge >= 0.3 is 6.18 Å². The van der Waals surface area contributed by atoms with Gasteiger partial charge in [-0.3, -0.25) is 4.79 Å². The number of Topliss-reactive ketones (excluding diaryl/α,β-unsaturated/α-hetero) is 1. The number of alkyl halides is 3. The third kappa shape index (κ3) is 2.35. The number of nitrogens with zero attached hydrogens (tertiary/aromatic N) is 4. The Bertz CT molecular complexity index is 397. The molecule has 1 aromatic rings. The summed E-state index contributed by atoms with van der Waals surface area (Å²) in [6.45, 7) is 0.617. The zero-order chi connectivity index (χ0) is 12.6. The maximum atomic E-state index is 12.4. The van der Waals surface area contributed by atoms with Crippen molar-refractivity contribution in [2.24, 2.45) is 12.8 Å². The van der Waals surface area contributed by atoms with Gasteiger partial charge in [-0.15, -0.1) is 10.2 Å². The molecule has 9 heteroatoms. The van der Waals surface area contributed by atoms with E-state index in [1.807, 2.05) is 0 Å². The molecule has 0 radical (unpaired) electrons. The molecule has 2 N–H and O–H groups in total. The monoisotopic (exact) mass is 237 g/mol. The molecule has 0 saturated heterocycles. The quantitative estimate of drug-likeness (QED) is 0.773. The van der Waals surface area contributed by atoms with Gasteiger partial charge in [0.15, 0.2) is 17.1 Å². The van der Waals surface area contributed by atoms with E-state index in [1.54, 1.807) is 0 Å². The smallest absolute Gasteiger partial charge is 0.312 e. The van der Waals surface area contributed by atoms with Crippen molar-refractivity contribution in [1.29, 1.82) is 0 Å². The lowest BCUT2D eigenvalue weighted by molar-refractivity contribution is -0.185. The number of aromatic nitrogens is 4. The number of nitrogens with two attached hydrogens (primary N) is 1. The van der Waals surface area contributed by atoms with Gasteiger partial charge in [0.2, 0.25) is 0 Å². The SMILES string of the molecule is Cn1nnc(CC(=O)C(C)(N)C(F)(F)F)n1. The predicted molar refractivity (Wildman–Crippen MR) is 46.2 cm³/mol. The Labute approximate surface area is 88.6 Å². The Morgan fingerprint density at radius 3 is 2.44 bits per heavy atom. The minimum absolute atomic E-state index is 0.0894. The molecule has 0 aliphatic carbocycles. The molecule has 1 unspecified atom stereocenters. The van der Waals surface area contributed by atoms with Gasteiger partial charge in [-0.2, -0.15) is 18.0 Å². The zero-order valence-electron chi connectivity index (χ0n) is 8.62. The maximum absolute atomic E-state index is 12.4. The molecule has 0 spiro atoms. The topological polar surface area (TPSA) is 86.7 Å². The van der Waals surface area contributed by atoms with Gasteiger partial charge in [0.25, 0.3) is 0 Å². The van der Waals surface area contributed by atoms with Crippen LogP contribution in [0.15, 0.2) is 0 Å².